The molecule has 4 rings (SSSR count). The Morgan fingerprint density at radius 2 is 1.73 bits per heavy atom. The zero-order chi connectivity index (χ0) is 26.3. The Bertz CT molecular complexity index is 1230. The highest BCUT2D eigenvalue weighted by Gasteiger charge is 2.33. The van der Waals surface area contributed by atoms with Crippen LogP contribution in [-0.4, -0.2) is 75.0 Å². The van der Waals surface area contributed by atoms with Crippen LogP contribution in [0.3, 0.4) is 0 Å². The lowest BCUT2D eigenvalue weighted by molar-refractivity contribution is -0.137. The Kier molecular flexibility index (Phi) is 8.72. The van der Waals surface area contributed by atoms with Crippen molar-refractivity contribution in [2.75, 3.05) is 43.8 Å². The molecule has 1 aromatic carbocycles. The smallest absolute Gasteiger partial charge is 0.341 e. The first-order valence-corrected chi connectivity index (χ1v) is 12.6. The van der Waals surface area contributed by atoms with E-state index < -0.39 is 17.6 Å². The SMILES string of the molecule is O=C(CN1CCCN(C(=O)CSc2nccc(-c3ccccn3)n2)CC1)Nc1ccccc1C(F)(F)F. The van der Waals surface area contributed by atoms with E-state index in [1.54, 1.807) is 23.4 Å². The van der Waals surface area contributed by atoms with Gasteiger partial charge in [-0.3, -0.25) is 19.5 Å². The van der Waals surface area contributed by atoms with Gasteiger partial charge in [0.15, 0.2) is 5.16 Å². The molecule has 1 N–H and O–H groups in total. The number of nitrogens with zero attached hydrogens (tertiary/aromatic N) is 5. The first kappa shape index (κ1) is 26.6. The molecule has 0 atom stereocenters. The van der Waals surface area contributed by atoms with Crippen LogP contribution in [0.25, 0.3) is 11.4 Å². The molecule has 37 heavy (non-hydrogen) atoms. The Hall–Kier alpha value is -3.51. The van der Waals surface area contributed by atoms with Gasteiger partial charge >= 0.3 is 6.18 Å². The lowest BCUT2D eigenvalue weighted by Gasteiger charge is -2.22. The number of thioether (sulfide) groups is 1. The number of para-hydroxylation sites is 1. The Morgan fingerprint density at radius 1 is 0.919 bits per heavy atom. The number of benzene rings is 1. The molecule has 3 aromatic rings. The summed E-state index contributed by atoms with van der Waals surface area (Å²) < 4.78 is 39.6. The molecule has 1 saturated heterocycles. The summed E-state index contributed by atoms with van der Waals surface area (Å²) in [6.07, 6.45) is -0.599. The lowest BCUT2D eigenvalue weighted by atomic mass is 10.1. The van der Waals surface area contributed by atoms with E-state index in [0.717, 1.165) is 11.8 Å². The van der Waals surface area contributed by atoms with Gasteiger partial charge in [-0.05, 0) is 36.8 Å². The van der Waals surface area contributed by atoms with Crippen LogP contribution in [0, 0.1) is 0 Å². The Labute approximate surface area is 216 Å². The number of aromatic nitrogens is 3. The van der Waals surface area contributed by atoms with Gasteiger partial charge in [-0.2, -0.15) is 13.2 Å². The summed E-state index contributed by atoms with van der Waals surface area (Å²) in [5, 5.41) is 2.85. The van der Waals surface area contributed by atoms with E-state index in [9.17, 15) is 22.8 Å². The number of nitrogens with one attached hydrogen (secondary N) is 1. The number of carbonyl (C=O) groups excluding carboxylic acids is 2. The molecule has 8 nitrogen and oxygen atoms in total. The van der Waals surface area contributed by atoms with Crippen LogP contribution in [0.5, 0.6) is 0 Å². The molecule has 0 unspecified atom stereocenters. The monoisotopic (exact) mass is 530 g/mol. The van der Waals surface area contributed by atoms with Crippen LogP contribution >= 0.6 is 11.8 Å². The lowest BCUT2D eigenvalue weighted by Crippen LogP contribution is -2.38. The van der Waals surface area contributed by atoms with Crippen molar-refractivity contribution in [2.45, 2.75) is 17.8 Å². The molecule has 2 amide bonds. The molecule has 0 radical (unpaired) electrons. The first-order valence-electron chi connectivity index (χ1n) is 11.6. The van der Waals surface area contributed by atoms with Crippen molar-refractivity contribution in [2.24, 2.45) is 0 Å². The van der Waals surface area contributed by atoms with Gasteiger partial charge in [0.05, 0.1) is 34.9 Å². The average molecular weight is 531 g/mol. The molecule has 0 saturated carbocycles. The highest BCUT2D eigenvalue weighted by molar-refractivity contribution is 7.99. The zero-order valence-corrected chi connectivity index (χ0v) is 20.6. The largest absolute Gasteiger partial charge is 0.418 e. The number of carbonyl (C=O) groups is 2. The standard InChI is InChI=1S/C25H25F3N6O2S/c26-25(27,28)18-6-1-2-7-19(18)31-22(35)16-33-12-5-13-34(15-14-33)23(36)17-37-24-30-11-9-21(32-24)20-8-3-4-10-29-20/h1-4,6-11H,5,12-17H2,(H,31,35). The van der Waals surface area contributed by atoms with E-state index in [0.29, 0.717) is 43.5 Å². The molecule has 1 aliphatic heterocycles. The normalized spacial score (nSPS) is 14.7. The fourth-order valence-corrected chi connectivity index (χ4v) is 4.63. The maximum atomic E-state index is 13.2. The van der Waals surface area contributed by atoms with Gasteiger partial charge < -0.3 is 10.2 Å². The number of rotatable bonds is 7. The van der Waals surface area contributed by atoms with Gasteiger partial charge in [0.2, 0.25) is 11.8 Å². The number of amides is 2. The summed E-state index contributed by atoms with van der Waals surface area (Å²) in [4.78, 5) is 41.8. The van der Waals surface area contributed by atoms with Crippen molar-refractivity contribution in [3.05, 3.63) is 66.5 Å². The van der Waals surface area contributed by atoms with Crippen molar-refractivity contribution >= 4 is 29.3 Å². The van der Waals surface area contributed by atoms with Crippen molar-refractivity contribution < 1.29 is 22.8 Å². The molecule has 12 heteroatoms. The van der Waals surface area contributed by atoms with Crippen LogP contribution in [-0.2, 0) is 15.8 Å². The maximum Gasteiger partial charge on any atom is 0.418 e. The van der Waals surface area contributed by atoms with E-state index in [1.165, 1.54) is 30.0 Å². The van der Waals surface area contributed by atoms with Crippen LogP contribution in [0.1, 0.15) is 12.0 Å². The van der Waals surface area contributed by atoms with Gasteiger partial charge in [-0.15, -0.1) is 0 Å². The van der Waals surface area contributed by atoms with Crippen LogP contribution in [0.4, 0.5) is 18.9 Å². The summed E-state index contributed by atoms with van der Waals surface area (Å²) >= 11 is 1.24. The van der Waals surface area contributed by atoms with Crippen molar-refractivity contribution in [3.63, 3.8) is 0 Å². The van der Waals surface area contributed by atoms with E-state index in [4.69, 9.17) is 0 Å². The highest BCUT2D eigenvalue weighted by atomic mass is 32.2. The molecule has 0 spiro atoms. The van der Waals surface area contributed by atoms with E-state index in [2.05, 4.69) is 20.3 Å². The summed E-state index contributed by atoms with van der Waals surface area (Å²) in [5.41, 5.74) is 0.240. The molecule has 1 aliphatic rings. The topological polar surface area (TPSA) is 91.3 Å². The minimum absolute atomic E-state index is 0.0584. The number of pyridine rings is 1. The highest BCUT2D eigenvalue weighted by Crippen LogP contribution is 2.34. The Morgan fingerprint density at radius 3 is 2.51 bits per heavy atom. The third kappa shape index (κ3) is 7.49. The van der Waals surface area contributed by atoms with Gasteiger partial charge in [0.25, 0.3) is 0 Å². The minimum Gasteiger partial charge on any atom is -0.341 e. The molecule has 2 aromatic heterocycles. The zero-order valence-electron chi connectivity index (χ0n) is 19.8. The Balaban J connectivity index is 1.27. The third-order valence-corrected chi connectivity index (χ3v) is 6.55. The first-order chi connectivity index (χ1) is 17.8. The average Bonchev–Trinajstić information content (AvgIpc) is 3.13. The predicted molar refractivity (Wildman–Crippen MR) is 134 cm³/mol. The van der Waals surface area contributed by atoms with E-state index in [1.807, 2.05) is 23.1 Å². The number of hydrogen-bond acceptors (Lipinski definition) is 7. The number of alkyl halides is 3. The molecule has 3 heterocycles. The van der Waals surface area contributed by atoms with Gasteiger partial charge in [0.1, 0.15) is 0 Å². The van der Waals surface area contributed by atoms with E-state index in [-0.39, 0.29) is 23.9 Å². The quantitative estimate of drug-likeness (QED) is 0.367. The summed E-state index contributed by atoms with van der Waals surface area (Å²) in [6.45, 7) is 1.89. The van der Waals surface area contributed by atoms with E-state index >= 15 is 0 Å². The third-order valence-electron chi connectivity index (χ3n) is 5.70. The second-order valence-electron chi connectivity index (χ2n) is 8.33. The van der Waals surface area contributed by atoms with Gasteiger partial charge in [-0.1, -0.05) is 30.0 Å². The minimum atomic E-state index is -4.56. The van der Waals surface area contributed by atoms with Crippen LogP contribution in [0.15, 0.2) is 66.1 Å². The number of anilines is 1. The van der Waals surface area contributed by atoms with Crippen molar-refractivity contribution in [3.8, 4) is 11.4 Å². The second kappa shape index (κ2) is 12.2. The molecule has 1 fully saturated rings. The van der Waals surface area contributed by atoms with Crippen LogP contribution < -0.4 is 5.32 Å². The van der Waals surface area contributed by atoms with Crippen LogP contribution in [0.2, 0.25) is 0 Å². The molecule has 0 bridgehead atoms. The fourth-order valence-electron chi connectivity index (χ4n) is 3.90. The predicted octanol–water partition coefficient (Wildman–Crippen LogP) is 3.82. The molecular formula is C25H25F3N6O2S. The fraction of sp³-hybridized carbons (Fsp3) is 0.320. The number of hydrogen-bond donors (Lipinski definition) is 1. The summed E-state index contributed by atoms with van der Waals surface area (Å²) in [6, 6.07) is 12.2. The molecule has 194 valence electrons. The number of halogens is 3. The summed E-state index contributed by atoms with van der Waals surface area (Å²) in [7, 11) is 0. The van der Waals surface area contributed by atoms with Crippen molar-refractivity contribution in [1.29, 1.82) is 0 Å². The van der Waals surface area contributed by atoms with Crippen molar-refractivity contribution in [1.82, 2.24) is 24.8 Å². The molecule has 0 aliphatic carbocycles. The summed E-state index contributed by atoms with van der Waals surface area (Å²) in [5.74, 6) is -0.431. The molecular weight excluding hydrogens is 505 g/mol. The van der Waals surface area contributed by atoms with Gasteiger partial charge in [-0.25, -0.2) is 9.97 Å². The second-order valence-corrected chi connectivity index (χ2v) is 9.27. The van der Waals surface area contributed by atoms with Gasteiger partial charge in [0, 0.05) is 38.6 Å². The maximum absolute atomic E-state index is 13.2.